The first-order valence-corrected chi connectivity index (χ1v) is 10.4. The summed E-state index contributed by atoms with van der Waals surface area (Å²) in [7, 11) is -3.85. The van der Waals surface area contributed by atoms with Crippen molar-refractivity contribution in [1.29, 1.82) is 0 Å². The summed E-state index contributed by atoms with van der Waals surface area (Å²) in [4.78, 5) is 0.118. The summed E-state index contributed by atoms with van der Waals surface area (Å²) >= 11 is 2.08. The third-order valence-corrected chi connectivity index (χ3v) is 5.60. The number of hydrogen-bond donors (Lipinski definition) is 0. The largest absolute Gasteiger partial charge is 0.442 e. The number of nitrogens with zero attached hydrogens (tertiary/aromatic N) is 1. The van der Waals surface area contributed by atoms with E-state index in [2.05, 4.69) is 40.5 Å². The van der Waals surface area contributed by atoms with Gasteiger partial charge in [-0.1, -0.05) is 48.4 Å². The number of hydrogen-bond acceptors (Lipinski definition) is 4. The molecular weight excluding hydrogens is 441 g/mol. The first kappa shape index (κ1) is 19.2. The SMILES string of the molecule is C=C(I)[C@H]1O/C(=N/S(=O)(=O)c2ccc(C)cc2)O[C@@H]1CCCCC. The van der Waals surface area contributed by atoms with Crippen LogP contribution in [0.25, 0.3) is 0 Å². The van der Waals surface area contributed by atoms with Gasteiger partial charge in [-0.25, -0.2) is 0 Å². The Hall–Kier alpha value is -1.09. The van der Waals surface area contributed by atoms with E-state index in [0.29, 0.717) is 0 Å². The van der Waals surface area contributed by atoms with Crippen molar-refractivity contribution in [3.63, 3.8) is 0 Å². The molecule has 0 aromatic heterocycles. The van der Waals surface area contributed by atoms with Crippen LogP contribution in [0.1, 0.15) is 38.2 Å². The highest BCUT2D eigenvalue weighted by Crippen LogP contribution is 2.29. The molecule has 0 amide bonds. The molecule has 0 aliphatic carbocycles. The molecule has 24 heavy (non-hydrogen) atoms. The third-order valence-electron chi connectivity index (χ3n) is 3.73. The maximum Gasteiger partial charge on any atom is 0.401 e. The smallest absolute Gasteiger partial charge is 0.401 e. The third kappa shape index (κ3) is 4.95. The average molecular weight is 463 g/mol. The van der Waals surface area contributed by atoms with E-state index in [1.807, 2.05) is 6.92 Å². The van der Waals surface area contributed by atoms with Crippen LogP contribution >= 0.6 is 22.6 Å². The minimum absolute atomic E-state index is 0.118. The zero-order valence-electron chi connectivity index (χ0n) is 13.9. The first-order valence-electron chi connectivity index (χ1n) is 7.92. The number of benzene rings is 1. The van der Waals surface area contributed by atoms with E-state index in [1.165, 1.54) is 12.1 Å². The van der Waals surface area contributed by atoms with Crippen LogP contribution in [0.2, 0.25) is 0 Å². The molecule has 0 bridgehead atoms. The van der Waals surface area contributed by atoms with Gasteiger partial charge in [-0.2, -0.15) is 8.42 Å². The maximum absolute atomic E-state index is 12.4. The molecule has 132 valence electrons. The van der Waals surface area contributed by atoms with E-state index in [1.54, 1.807) is 12.1 Å². The van der Waals surface area contributed by atoms with Crippen molar-refractivity contribution in [3.05, 3.63) is 40.0 Å². The molecule has 7 heteroatoms. The predicted molar refractivity (Wildman–Crippen MR) is 103 cm³/mol. The van der Waals surface area contributed by atoms with E-state index >= 15 is 0 Å². The van der Waals surface area contributed by atoms with Crippen LogP contribution in [-0.2, 0) is 19.5 Å². The molecule has 1 fully saturated rings. The normalized spacial score (nSPS) is 22.2. The molecule has 0 spiro atoms. The molecule has 5 nitrogen and oxygen atoms in total. The second-order valence-corrected chi connectivity index (χ2v) is 8.77. The van der Waals surface area contributed by atoms with E-state index in [9.17, 15) is 8.42 Å². The van der Waals surface area contributed by atoms with Crippen molar-refractivity contribution in [2.24, 2.45) is 4.40 Å². The molecule has 2 atom stereocenters. The monoisotopic (exact) mass is 463 g/mol. The highest BCUT2D eigenvalue weighted by atomic mass is 127. The zero-order valence-corrected chi connectivity index (χ0v) is 16.8. The van der Waals surface area contributed by atoms with E-state index in [-0.39, 0.29) is 23.2 Å². The Labute approximate surface area is 157 Å². The molecule has 0 N–H and O–H groups in total. The van der Waals surface area contributed by atoms with Gasteiger partial charge in [0.25, 0.3) is 10.0 Å². The summed E-state index contributed by atoms with van der Waals surface area (Å²) in [6.45, 7) is 7.91. The molecule has 0 radical (unpaired) electrons. The molecule has 1 saturated heterocycles. The summed E-state index contributed by atoms with van der Waals surface area (Å²) in [6.07, 6.45) is 3.16. The minimum Gasteiger partial charge on any atom is -0.442 e. The summed E-state index contributed by atoms with van der Waals surface area (Å²) in [6, 6.07) is 6.51. The van der Waals surface area contributed by atoms with Crippen LogP contribution in [0.15, 0.2) is 43.7 Å². The average Bonchev–Trinajstić information content (AvgIpc) is 2.90. The van der Waals surface area contributed by atoms with Gasteiger partial charge in [0.1, 0.15) is 6.10 Å². The van der Waals surface area contributed by atoms with Gasteiger partial charge in [-0.3, -0.25) is 0 Å². The fourth-order valence-electron chi connectivity index (χ4n) is 2.38. The number of ether oxygens (including phenoxy) is 2. The molecule has 1 aliphatic rings. The number of rotatable bonds is 7. The Morgan fingerprint density at radius 1 is 1.25 bits per heavy atom. The molecule has 1 heterocycles. The van der Waals surface area contributed by atoms with Crippen molar-refractivity contribution < 1.29 is 17.9 Å². The number of unbranched alkanes of at least 4 members (excludes halogenated alkanes) is 2. The molecular formula is C17H22INO4S. The number of halogens is 1. The molecule has 1 aliphatic heterocycles. The quantitative estimate of drug-likeness (QED) is 0.446. The second-order valence-electron chi connectivity index (χ2n) is 5.78. The van der Waals surface area contributed by atoms with E-state index in [4.69, 9.17) is 9.47 Å². The Bertz CT molecular complexity index is 713. The summed E-state index contributed by atoms with van der Waals surface area (Å²) in [5.41, 5.74) is 0.979. The first-order chi connectivity index (χ1) is 11.3. The zero-order chi connectivity index (χ0) is 17.7. The van der Waals surface area contributed by atoms with Gasteiger partial charge >= 0.3 is 6.08 Å². The van der Waals surface area contributed by atoms with Gasteiger partial charge in [0.2, 0.25) is 0 Å². The summed E-state index contributed by atoms with van der Waals surface area (Å²) < 4.78 is 40.5. The number of aryl methyl sites for hydroxylation is 1. The van der Waals surface area contributed by atoms with Crippen molar-refractivity contribution in [3.8, 4) is 0 Å². The van der Waals surface area contributed by atoms with Crippen LogP contribution < -0.4 is 0 Å². The van der Waals surface area contributed by atoms with Gasteiger partial charge in [-0.05, 0) is 54.5 Å². The number of sulfonamides is 1. The minimum atomic E-state index is -3.85. The highest BCUT2D eigenvalue weighted by Gasteiger charge is 2.37. The molecule has 0 unspecified atom stereocenters. The maximum atomic E-state index is 12.4. The lowest BCUT2D eigenvalue weighted by Gasteiger charge is -2.13. The Morgan fingerprint density at radius 3 is 2.50 bits per heavy atom. The van der Waals surface area contributed by atoms with Crippen LogP contribution in [0.4, 0.5) is 0 Å². The van der Waals surface area contributed by atoms with Gasteiger partial charge in [0.05, 0.1) is 4.90 Å². The molecule has 2 rings (SSSR count). The summed E-state index contributed by atoms with van der Waals surface area (Å²) in [5.74, 6) is 0. The topological polar surface area (TPSA) is 65.0 Å². The van der Waals surface area contributed by atoms with Crippen LogP contribution in [0.5, 0.6) is 0 Å². The van der Waals surface area contributed by atoms with Gasteiger partial charge in [-0.15, -0.1) is 0 Å². The van der Waals surface area contributed by atoms with Crippen molar-refractivity contribution in [2.75, 3.05) is 0 Å². The van der Waals surface area contributed by atoms with E-state index < -0.39 is 10.0 Å². The van der Waals surface area contributed by atoms with Gasteiger partial charge in [0.15, 0.2) is 6.10 Å². The lowest BCUT2D eigenvalue weighted by Crippen LogP contribution is -2.22. The fraction of sp³-hybridized carbons (Fsp3) is 0.471. The van der Waals surface area contributed by atoms with Gasteiger partial charge < -0.3 is 9.47 Å². The van der Waals surface area contributed by atoms with Crippen molar-refractivity contribution in [2.45, 2.75) is 56.6 Å². The van der Waals surface area contributed by atoms with Crippen LogP contribution in [0.3, 0.4) is 0 Å². The Kier molecular flexibility index (Phi) is 6.68. The summed E-state index contributed by atoms with van der Waals surface area (Å²) in [5, 5.41) is 0. The predicted octanol–water partition coefficient (Wildman–Crippen LogP) is 4.35. The van der Waals surface area contributed by atoms with Crippen molar-refractivity contribution >= 4 is 38.7 Å². The van der Waals surface area contributed by atoms with E-state index in [0.717, 1.165) is 34.8 Å². The second kappa shape index (κ2) is 8.33. The lowest BCUT2D eigenvalue weighted by molar-refractivity contribution is 0.175. The molecule has 1 aromatic rings. The Morgan fingerprint density at radius 2 is 1.92 bits per heavy atom. The fourth-order valence-corrected chi connectivity index (χ4v) is 3.78. The van der Waals surface area contributed by atoms with Crippen LogP contribution in [0, 0.1) is 6.92 Å². The molecule has 1 aromatic carbocycles. The Balaban J connectivity index is 2.17. The van der Waals surface area contributed by atoms with Crippen LogP contribution in [-0.4, -0.2) is 26.7 Å². The molecule has 0 saturated carbocycles. The standard InChI is InChI=1S/C17H22INO4S/c1-4-5-6-7-15-16(13(3)18)23-17(22-15)19-24(20,21)14-10-8-12(2)9-11-14/h8-11,15-16H,3-7H2,1-2H3/b19-17+/t15-,16-/m1/s1. The van der Waals surface area contributed by atoms with Gasteiger partial charge in [0, 0.05) is 3.58 Å². The van der Waals surface area contributed by atoms with Crippen molar-refractivity contribution in [1.82, 2.24) is 0 Å². The highest BCUT2D eigenvalue weighted by molar-refractivity contribution is 14.1. The lowest BCUT2D eigenvalue weighted by atomic mass is 10.1.